The van der Waals surface area contributed by atoms with E-state index in [1.165, 1.54) is 6.07 Å². The van der Waals surface area contributed by atoms with Crippen molar-refractivity contribution in [1.82, 2.24) is 20.0 Å². The van der Waals surface area contributed by atoms with Crippen molar-refractivity contribution in [2.75, 3.05) is 5.32 Å². The molecule has 2 aromatic heterocycles. The van der Waals surface area contributed by atoms with Crippen LogP contribution >= 0.6 is 0 Å². The van der Waals surface area contributed by atoms with Crippen LogP contribution in [0, 0.1) is 6.92 Å². The Labute approximate surface area is 161 Å². The summed E-state index contributed by atoms with van der Waals surface area (Å²) in [5.74, 6) is 1.61. The zero-order valence-electron chi connectivity index (χ0n) is 15.9. The molecule has 144 valence electrons. The maximum Gasteiger partial charge on any atom is 0.264 e. The van der Waals surface area contributed by atoms with Gasteiger partial charge in [0, 0.05) is 24.0 Å². The number of fused-ring (bicyclic) bond motifs is 1. The second kappa shape index (κ2) is 6.95. The van der Waals surface area contributed by atoms with E-state index in [1.807, 2.05) is 45.0 Å². The van der Waals surface area contributed by atoms with Crippen LogP contribution in [0.1, 0.15) is 43.0 Å². The Kier molecular flexibility index (Phi) is 4.46. The number of aromatic amines is 1. The van der Waals surface area contributed by atoms with Gasteiger partial charge in [-0.15, -0.1) is 0 Å². The first-order valence-electron chi connectivity index (χ1n) is 9.14. The van der Waals surface area contributed by atoms with Gasteiger partial charge in [0.05, 0.1) is 11.8 Å². The second-order valence-electron chi connectivity index (χ2n) is 7.08. The average molecular weight is 379 g/mol. The summed E-state index contributed by atoms with van der Waals surface area (Å²) < 4.78 is 7.27. The lowest BCUT2D eigenvalue weighted by Gasteiger charge is -2.24. The number of carbonyl (C=O) groups is 1. The SMILES string of the molecule is Cc1nn(-c2ccc(=O)[nH]n2)c2c1[C@@H](c1ccc(OC(C)C)cc1)CC(=O)N2. The number of carbonyl (C=O) groups excluding carboxylic acids is 1. The van der Waals surface area contributed by atoms with Crippen LogP contribution in [0.4, 0.5) is 5.82 Å². The molecule has 0 bridgehead atoms. The lowest BCUT2D eigenvalue weighted by molar-refractivity contribution is -0.116. The number of ether oxygens (including phenoxy) is 1. The van der Waals surface area contributed by atoms with Gasteiger partial charge >= 0.3 is 0 Å². The van der Waals surface area contributed by atoms with E-state index >= 15 is 0 Å². The molecule has 1 amide bonds. The van der Waals surface area contributed by atoms with E-state index in [0.29, 0.717) is 18.1 Å². The summed E-state index contributed by atoms with van der Waals surface area (Å²) >= 11 is 0. The maximum atomic E-state index is 12.4. The van der Waals surface area contributed by atoms with E-state index in [-0.39, 0.29) is 23.5 Å². The van der Waals surface area contributed by atoms with Gasteiger partial charge in [-0.3, -0.25) is 9.59 Å². The van der Waals surface area contributed by atoms with Crippen molar-refractivity contribution < 1.29 is 9.53 Å². The lowest BCUT2D eigenvalue weighted by Crippen LogP contribution is -2.25. The summed E-state index contributed by atoms with van der Waals surface area (Å²) in [4.78, 5) is 23.7. The summed E-state index contributed by atoms with van der Waals surface area (Å²) in [6, 6.07) is 10.8. The van der Waals surface area contributed by atoms with Crippen LogP contribution in [0.3, 0.4) is 0 Å². The second-order valence-corrected chi connectivity index (χ2v) is 7.08. The molecule has 0 saturated heterocycles. The normalized spacial score (nSPS) is 16.0. The number of anilines is 1. The Morgan fingerprint density at radius 3 is 2.54 bits per heavy atom. The summed E-state index contributed by atoms with van der Waals surface area (Å²) in [5, 5.41) is 13.9. The summed E-state index contributed by atoms with van der Waals surface area (Å²) in [6.45, 7) is 5.87. The highest BCUT2D eigenvalue weighted by Gasteiger charge is 2.32. The van der Waals surface area contributed by atoms with Gasteiger partial charge in [0.2, 0.25) is 5.91 Å². The van der Waals surface area contributed by atoms with E-state index in [4.69, 9.17) is 4.74 Å². The van der Waals surface area contributed by atoms with Crippen LogP contribution in [-0.2, 0) is 4.79 Å². The van der Waals surface area contributed by atoms with Gasteiger partial charge in [-0.05, 0) is 44.5 Å². The Balaban J connectivity index is 1.76. The first-order chi connectivity index (χ1) is 13.4. The lowest BCUT2D eigenvalue weighted by atomic mass is 9.86. The van der Waals surface area contributed by atoms with Crippen molar-refractivity contribution in [3.8, 4) is 11.6 Å². The minimum Gasteiger partial charge on any atom is -0.491 e. The average Bonchev–Trinajstić information content (AvgIpc) is 2.98. The maximum absolute atomic E-state index is 12.4. The van der Waals surface area contributed by atoms with Crippen molar-refractivity contribution in [3.63, 3.8) is 0 Å². The molecule has 3 heterocycles. The molecule has 1 atom stereocenters. The smallest absolute Gasteiger partial charge is 0.264 e. The molecule has 0 aliphatic carbocycles. The number of aromatic nitrogens is 4. The van der Waals surface area contributed by atoms with E-state index in [2.05, 4.69) is 20.6 Å². The molecule has 2 N–H and O–H groups in total. The van der Waals surface area contributed by atoms with Crippen LogP contribution in [0.5, 0.6) is 5.75 Å². The highest BCUT2D eigenvalue weighted by molar-refractivity contribution is 5.95. The molecule has 28 heavy (non-hydrogen) atoms. The molecule has 1 aliphatic heterocycles. The fraction of sp³-hybridized carbons (Fsp3) is 0.300. The van der Waals surface area contributed by atoms with Gasteiger partial charge < -0.3 is 10.1 Å². The fourth-order valence-electron chi connectivity index (χ4n) is 3.50. The van der Waals surface area contributed by atoms with Crippen LogP contribution in [0.15, 0.2) is 41.2 Å². The van der Waals surface area contributed by atoms with E-state index < -0.39 is 0 Å². The van der Waals surface area contributed by atoms with Crippen molar-refractivity contribution in [2.45, 2.75) is 39.2 Å². The third kappa shape index (κ3) is 3.28. The molecular formula is C20H21N5O3. The number of aryl methyl sites for hydroxylation is 1. The molecule has 4 rings (SSSR count). The molecule has 0 unspecified atom stereocenters. The monoisotopic (exact) mass is 379 g/mol. The van der Waals surface area contributed by atoms with Gasteiger partial charge in [-0.2, -0.15) is 14.9 Å². The number of benzene rings is 1. The Morgan fingerprint density at radius 2 is 1.89 bits per heavy atom. The van der Waals surface area contributed by atoms with Crippen LogP contribution in [0.25, 0.3) is 5.82 Å². The molecule has 8 nitrogen and oxygen atoms in total. The van der Waals surface area contributed by atoms with E-state index in [1.54, 1.807) is 10.7 Å². The van der Waals surface area contributed by atoms with Crippen LogP contribution in [0.2, 0.25) is 0 Å². The number of H-pyrrole nitrogens is 1. The van der Waals surface area contributed by atoms with Gasteiger partial charge in [-0.1, -0.05) is 12.1 Å². The van der Waals surface area contributed by atoms with Crippen molar-refractivity contribution in [1.29, 1.82) is 0 Å². The minimum atomic E-state index is -0.299. The third-order valence-electron chi connectivity index (χ3n) is 4.64. The van der Waals surface area contributed by atoms with Crippen LogP contribution in [-0.4, -0.2) is 32.0 Å². The number of rotatable bonds is 4. The summed E-state index contributed by atoms with van der Waals surface area (Å²) in [6.07, 6.45) is 0.436. The van der Waals surface area contributed by atoms with Gasteiger partial charge in [0.1, 0.15) is 11.6 Å². The van der Waals surface area contributed by atoms with E-state index in [9.17, 15) is 9.59 Å². The summed E-state index contributed by atoms with van der Waals surface area (Å²) in [7, 11) is 0. The molecule has 1 aromatic carbocycles. The molecule has 3 aromatic rings. The van der Waals surface area contributed by atoms with Crippen molar-refractivity contribution in [3.05, 3.63) is 63.6 Å². The highest BCUT2D eigenvalue weighted by Crippen LogP contribution is 2.40. The molecule has 1 aliphatic rings. The molecule has 0 fully saturated rings. The fourth-order valence-corrected chi connectivity index (χ4v) is 3.50. The topological polar surface area (TPSA) is 102 Å². The Morgan fingerprint density at radius 1 is 1.14 bits per heavy atom. The van der Waals surface area contributed by atoms with Crippen LogP contribution < -0.4 is 15.6 Å². The Bertz CT molecular complexity index is 1060. The predicted molar refractivity (Wildman–Crippen MR) is 104 cm³/mol. The Hall–Kier alpha value is -3.42. The number of nitrogens with one attached hydrogen (secondary N) is 2. The van der Waals surface area contributed by atoms with Crippen molar-refractivity contribution >= 4 is 11.7 Å². The van der Waals surface area contributed by atoms with Gasteiger partial charge in [0.15, 0.2) is 5.82 Å². The molecule has 0 saturated carbocycles. The first-order valence-corrected chi connectivity index (χ1v) is 9.14. The zero-order valence-corrected chi connectivity index (χ0v) is 15.9. The quantitative estimate of drug-likeness (QED) is 0.725. The van der Waals surface area contributed by atoms with Crippen molar-refractivity contribution in [2.24, 2.45) is 0 Å². The zero-order chi connectivity index (χ0) is 19.8. The summed E-state index contributed by atoms with van der Waals surface area (Å²) in [5.41, 5.74) is 2.47. The number of hydrogen-bond donors (Lipinski definition) is 2. The molecule has 0 spiro atoms. The highest BCUT2D eigenvalue weighted by atomic mass is 16.5. The number of nitrogens with zero attached hydrogens (tertiary/aromatic N) is 3. The predicted octanol–water partition coefficient (Wildman–Crippen LogP) is 2.53. The van der Waals surface area contributed by atoms with Gasteiger partial charge in [0.25, 0.3) is 5.56 Å². The minimum absolute atomic E-state index is 0.0921. The molecule has 8 heteroatoms. The third-order valence-corrected chi connectivity index (χ3v) is 4.64. The number of amides is 1. The standard InChI is InChI=1S/C20H21N5O3/c1-11(2)28-14-6-4-13(5-7-14)15-10-18(27)21-20-19(15)12(3)24-25(20)16-8-9-17(26)23-22-16/h4-9,11,15H,10H2,1-3H3,(H,21,27)(H,23,26)/t15-/m1/s1. The largest absolute Gasteiger partial charge is 0.491 e. The molecule has 0 radical (unpaired) electrons. The van der Waals surface area contributed by atoms with Gasteiger partial charge in [-0.25, -0.2) is 5.10 Å². The molecular weight excluding hydrogens is 358 g/mol. The number of hydrogen-bond acceptors (Lipinski definition) is 5. The first kappa shape index (κ1) is 18.0. The van der Waals surface area contributed by atoms with E-state index in [0.717, 1.165) is 22.6 Å².